The van der Waals surface area contributed by atoms with Gasteiger partial charge >= 0.3 is 11.8 Å². The van der Waals surface area contributed by atoms with Crippen LogP contribution in [0.4, 0.5) is 0 Å². The zero-order valence-corrected chi connectivity index (χ0v) is 18.3. The molecule has 0 bridgehead atoms. The lowest BCUT2D eigenvalue weighted by Crippen LogP contribution is -2.54. The van der Waals surface area contributed by atoms with Gasteiger partial charge in [-0.2, -0.15) is 5.10 Å². The first-order valence-corrected chi connectivity index (χ1v) is 11.1. The largest absolute Gasteiger partial charge is 0.335 e. The van der Waals surface area contributed by atoms with Crippen molar-refractivity contribution in [2.24, 2.45) is 0 Å². The molecular weight excluding hydrogens is 418 g/mol. The molecule has 2 fully saturated rings. The number of carbonyl (C=O) groups is 3. The van der Waals surface area contributed by atoms with Crippen molar-refractivity contribution in [1.82, 2.24) is 24.5 Å². The van der Waals surface area contributed by atoms with E-state index in [0.29, 0.717) is 56.3 Å². The number of hydrogen-bond donors (Lipinski definition) is 0. The molecule has 0 radical (unpaired) electrons. The van der Waals surface area contributed by atoms with Crippen LogP contribution in [0.1, 0.15) is 35.8 Å². The molecule has 164 valence electrons. The molecule has 0 atom stereocenters. The maximum atomic E-state index is 13.2. The van der Waals surface area contributed by atoms with Gasteiger partial charge in [0, 0.05) is 44.3 Å². The van der Waals surface area contributed by atoms with Crippen molar-refractivity contribution in [3.8, 4) is 5.69 Å². The predicted octanol–water partition coefficient (Wildman–Crippen LogP) is 1.99. The summed E-state index contributed by atoms with van der Waals surface area (Å²) in [6.07, 6.45) is 4.13. The number of rotatable bonds is 3. The monoisotopic (exact) mass is 443 g/mol. The fourth-order valence-corrected chi connectivity index (χ4v) is 4.38. The molecular formula is C22H26ClN5O3. The first kappa shape index (κ1) is 21.4. The topological polar surface area (TPSA) is 78.8 Å². The standard InChI is InChI=1S/C22H26ClN5O3/c1-2-19-18(15-24-28(19)17-7-5-6-16(23)14-17)20(29)26-10-12-27(13-11-26)22(31)21(30)25-8-3-4-9-25/h5-7,14-15H,2-4,8-13H2,1H3. The Labute approximate surface area is 186 Å². The molecule has 0 spiro atoms. The second-order valence-corrected chi connectivity index (χ2v) is 8.27. The maximum Gasteiger partial charge on any atom is 0.312 e. The molecule has 1 aromatic carbocycles. The van der Waals surface area contributed by atoms with Gasteiger partial charge in [0.15, 0.2) is 0 Å². The lowest BCUT2D eigenvalue weighted by Gasteiger charge is -2.35. The lowest BCUT2D eigenvalue weighted by molar-refractivity contribution is -0.152. The Balaban J connectivity index is 1.43. The first-order chi connectivity index (χ1) is 15.0. The summed E-state index contributed by atoms with van der Waals surface area (Å²) in [7, 11) is 0. The van der Waals surface area contributed by atoms with Crippen LogP contribution in [0.25, 0.3) is 5.69 Å². The summed E-state index contributed by atoms with van der Waals surface area (Å²) in [5.74, 6) is -0.992. The van der Waals surface area contributed by atoms with E-state index in [4.69, 9.17) is 11.6 Å². The maximum absolute atomic E-state index is 13.2. The van der Waals surface area contributed by atoms with Gasteiger partial charge < -0.3 is 14.7 Å². The molecule has 0 unspecified atom stereocenters. The van der Waals surface area contributed by atoms with Gasteiger partial charge in [-0.15, -0.1) is 0 Å². The number of nitrogens with zero attached hydrogens (tertiary/aromatic N) is 5. The molecule has 2 aliphatic heterocycles. The van der Waals surface area contributed by atoms with Gasteiger partial charge in [-0.3, -0.25) is 14.4 Å². The fourth-order valence-electron chi connectivity index (χ4n) is 4.20. The molecule has 0 saturated carbocycles. The van der Waals surface area contributed by atoms with Crippen LogP contribution >= 0.6 is 11.6 Å². The number of aromatic nitrogens is 2. The van der Waals surface area contributed by atoms with Crippen molar-refractivity contribution >= 4 is 29.3 Å². The van der Waals surface area contributed by atoms with Gasteiger partial charge in [-0.05, 0) is 37.5 Å². The Kier molecular flexibility index (Phi) is 6.27. The molecule has 0 aliphatic carbocycles. The Hall–Kier alpha value is -2.87. The highest BCUT2D eigenvalue weighted by atomic mass is 35.5. The van der Waals surface area contributed by atoms with E-state index in [2.05, 4.69) is 5.10 Å². The van der Waals surface area contributed by atoms with Gasteiger partial charge in [0.05, 0.1) is 23.1 Å². The zero-order valence-electron chi connectivity index (χ0n) is 17.6. The minimum Gasteiger partial charge on any atom is -0.335 e. The Morgan fingerprint density at radius 3 is 2.16 bits per heavy atom. The van der Waals surface area contributed by atoms with E-state index in [1.165, 1.54) is 0 Å². The van der Waals surface area contributed by atoms with Gasteiger partial charge in [0.25, 0.3) is 5.91 Å². The van der Waals surface area contributed by atoms with Crippen LogP contribution in [0.15, 0.2) is 30.5 Å². The summed E-state index contributed by atoms with van der Waals surface area (Å²) < 4.78 is 1.74. The van der Waals surface area contributed by atoms with Gasteiger partial charge in [0.1, 0.15) is 0 Å². The number of benzene rings is 1. The molecule has 9 heteroatoms. The van der Waals surface area contributed by atoms with E-state index in [-0.39, 0.29) is 5.91 Å². The summed E-state index contributed by atoms with van der Waals surface area (Å²) in [6.45, 7) is 4.78. The third-order valence-corrected chi connectivity index (χ3v) is 6.15. The average molecular weight is 444 g/mol. The number of carbonyl (C=O) groups excluding carboxylic acids is 3. The van der Waals surface area contributed by atoms with E-state index in [1.807, 2.05) is 25.1 Å². The summed E-state index contributed by atoms with van der Waals surface area (Å²) in [5, 5.41) is 5.02. The minimum absolute atomic E-state index is 0.108. The van der Waals surface area contributed by atoms with E-state index < -0.39 is 11.8 Å². The second kappa shape index (κ2) is 9.09. The summed E-state index contributed by atoms with van der Waals surface area (Å²) in [6, 6.07) is 7.35. The van der Waals surface area contributed by atoms with Crippen LogP contribution in [-0.4, -0.2) is 81.5 Å². The van der Waals surface area contributed by atoms with Crippen LogP contribution in [0, 0.1) is 0 Å². The molecule has 2 saturated heterocycles. The molecule has 3 amide bonds. The summed E-state index contributed by atoms with van der Waals surface area (Å²) in [5.41, 5.74) is 2.17. The predicted molar refractivity (Wildman–Crippen MR) is 116 cm³/mol. The van der Waals surface area contributed by atoms with E-state index in [9.17, 15) is 14.4 Å². The highest BCUT2D eigenvalue weighted by molar-refractivity contribution is 6.35. The highest BCUT2D eigenvalue weighted by Gasteiger charge is 2.32. The van der Waals surface area contributed by atoms with Crippen molar-refractivity contribution in [2.45, 2.75) is 26.2 Å². The van der Waals surface area contributed by atoms with Gasteiger partial charge in [-0.25, -0.2) is 4.68 Å². The van der Waals surface area contributed by atoms with E-state index in [0.717, 1.165) is 24.2 Å². The lowest BCUT2D eigenvalue weighted by atomic mass is 10.1. The third kappa shape index (κ3) is 4.30. The van der Waals surface area contributed by atoms with Crippen LogP contribution in [0.3, 0.4) is 0 Å². The average Bonchev–Trinajstić information content (AvgIpc) is 3.47. The Morgan fingerprint density at radius 2 is 1.55 bits per heavy atom. The number of halogens is 1. The van der Waals surface area contributed by atoms with Crippen LogP contribution in [0.5, 0.6) is 0 Å². The number of hydrogen-bond acceptors (Lipinski definition) is 4. The normalized spacial score (nSPS) is 16.6. The Bertz CT molecular complexity index is 991. The number of piperazine rings is 1. The molecule has 2 aliphatic rings. The Morgan fingerprint density at radius 1 is 0.935 bits per heavy atom. The summed E-state index contributed by atoms with van der Waals surface area (Å²) in [4.78, 5) is 43.0. The highest BCUT2D eigenvalue weighted by Crippen LogP contribution is 2.21. The van der Waals surface area contributed by atoms with Crippen molar-refractivity contribution < 1.29 is 14.4 Å². The number of likely N-dealkylation sites (tertiary alicyclic amines) is 1. The fraction of sp³-hybridized carbons (Fsp3) is 0.455. The minimum atomic E-state index is -0.461. The van der Waals surface area contributed by atoms with Gasteiger partial charge in [0.2, 0.25) is 0 Å². The third-order valence-electron chi connectivity index (χ3n) is 5.92. The number of amides is 3. The molecule has 1 aromatic heterocycles. The van der Waals surface area contributed by atoms with E-state index >= 15 is 0 Å². The molecule has 2 aromatic rings. The zero-order chi connectivity index (χ0) is 22.0. The van der Waals surface area contributed by atoms with Crippen molar-refractivity contribution in [2.75, 3.05) is 39.3 Å². The van der Waals surface area contributed by atoms with Crippen LogP contribution in [-0.2, 0) is 16.0 Å². The van der Waals surface area contributed by atoms with Crippen molar-refractivity contribution in [1.29, 1.82) is 0 Å². The van der Waals surface area contributed by atoms with Crippen LogP contribution < -0.4 is 0 Å². The smallest absolute Gasteiger partial charge is 0.312 e. The van der Waals surface area contributed by atoms with Gasteiger partial charge in [-0.1, -0.05) is 24.6 Å². The van der Waals surface area contributed by atoms with Crippen LogP contribution in [0.2, 0.25) is 5.02 Å². The second-order valence-electron chi connectivity index (χ2n) is 7.83. The summed E-state index contributed by atoms with van der Waals surface area (Å²) >= 11 is 6.11. The molecule has 0 N–H and O–H groups in total. The SMILES string of the molecule is CCc1c(C(=O)N2CCN(C(=O)C(=O)N3CCCC3)CC2)cnn1-c1cccc(Cl)c1. The van der Waals surface area contributed by atoms with Crippen molar-refractivity contribution in [3.05, 3.63) is 46.7 Å². The first-order valence-electron chi connectivity index (χ1n) is 10.7. The quantitative estimate of drug-likeness (QED) is 0.679. The molecule has 31 heavy (non-hydrogen) atoms. The van der Waals surface area contributed by atoms with Crippen molar-refractivity contribution in [3.63, 3.8) is 0 Å². The van der Waals surface area contributed by atoms with E-state index in [1.54, 1.807) is 31.6 Å². The molecule has 8 nitrogen and oxygen atoms in total. The molecule has 3 heterocycles. The molecule has 4 rings (SSSR count).